The zero-order chi connectivity index (χ0) is 19.3. The van der Waals surface area contributed by atoms with Gasteiger partial charge < -0.3 is 4.74 Å². The number of allylic oxidation sites excluding steroid dienone is 1. The number of esters is 1. The van der Waals surface area contributed by atoms with Crippen molar-refractivity contribution < 1.29 is 22.3 Å². The second kappa shape index (κ2) is 8.46. The number of halogens is 1. The molecule has 2 rings (SSSR count). The summed E-state index contributed by atoms with van der Waals surface area (Å²) >= 11 is 0. The van der Waals surface area contributed by atoms with Crippen LogP contribution in [0.1, 0.15) is 33.1 Å². The Balaban J connectivity index is 2.57. The summed E-state index contributed by atoms with van der Waals surface area (Å²) in [5.41, 5.74) is 1.23. The first-order valence-electron chi connectivity index (χ1n) is 8.39. The molecule has 26 heavy (non-hydrogen) atoms. The first kappa shape index (κ1) is 20.1. The van der Waals surface area contributed by atoms with Crippen LogP contribution in [0.2, 0.25) is 0 Å². The maximum absolute atomic E-state index is 14.2. The lowest BCUT2D eigenvalue weighted by atomic mass is 10.0. The van der Waals surface area contributed by atoms with Gasteiger partial charge in [0.05, 0.1) is 30.2 Å². The predicted octanol–water partition coefficient (Wildman–Crippen LogP) is 2.83. The highest BCUT2D eigenvalue weighted by atomic mass is 32.2. The molecule has 0 saturated carbocycles. The van der Waals surface area contributed by atoms with Crippen molar-refractivity contribution in [2.75, 3.05) is 17.4 Å². The van der Waals surface area contributed by atoms with Crippen LogP contribution in [0.4, 0.5) is 10.1 Å². The maximum Gasteiger partial charge on any atom is 0.310 e. The van der Waals surface area contributed by atoms with E-state index in [0.717, 1.165) is 5.01 Å². The van der Waals surface area contributed by atoms with E-state index in [9.17, 15) is 17.6 Å². The molecule has 6 nitrogen and oxygen atoms in total. The Morgan fingerprint density at radius 2 is 2.00 bits per heavy atom. The second-order valence-corrected chi connectivity index (χ2v) is 7.81. The number of carbonyl (C=O) groups excluding carboxylic acids is 1. The number of benzene rings is 1. The summed E-state index contributed by atoms with van der Waals surface area (Å²) in [6, 6.07) is 5.93. The average Bonchev–Trinajstić information content (AvgIpc) is 2.54. The van der Waals surface area contributed by atoms with Crippen molar-refractivity contribution in [3.8, 4) is 0 Å². The lowest BCUT2D eigenvalue weighted by Gasteiger charge is -2.30. The Hall–Kier alpha value is -2.19. The molecule has 0 atom stereocenters. The molecule has 0 saturated heterocycles. The van der Waals surface area contributed by atoms with Crippen molar-refractivity contribution in [3.05, 3.63) is 52.3 Å². The molecule has 0 radical (unpaired) electrons. The van der Waals surface area contributed by atoms with Crippen LogP contribution in [0.5, 0.6) is 0 Å². The van der Waals surface area contributed by atoms with Crippen molar-refractivity contribution >= 4 is 21.5 Å². The standard InChI is InChI=1S/C18H23FN2O4S/c1-3-7-13-11-26(23,24)12-14(10-17(22)25-4-2)18(13)21(20)16-9-6-5-8-15(16)19/h5-6,8-9,11H,3-4,7,10,12,20H2,1-2H3. The van der Waals surface area contributed by atoms with Gasteiger partial charge in [0, 0.05) is 5.41 Å². The molecule has 8 heteroatoms. The SMILES string of the molecule is CCCC1=CS(=O)(=O)CC(CC(=O)OCC)=C1N(N)c1ccccc1F. The van der Waals surface area contributed by atoms with E-state index in [1.807, 2.05) is 6.92 Å². The third kappa shape index (κ3) is 4.70. The molecular weight excluding hydrogens is 359 g/mol. The van der Waals surface area contributed by atoms with E-state index in [0.29, 0.717) is 29.7 Å². The molecule has 142 valence electrons. The average molecular weight is 382 g/mol. The van der Waals surface area contributed by atoms with E-state index < -0.39 is 21.6 Å². The summed E-state index contributed by atoms with van der Waals surface area (Å²) in [6.45, 7) is 3.75. The van der Waals surface area contributed by atoms with Crippen LogP contribution in [0.3, 0.4) is 0 Å². The fourth-order valence-electron chi connectivity index (χ4n) is 2.91. The predicted molar refractivity (Wildman–Crippen MR) is 98.1 cm³/mol. The van der Waals surface area contributed by atoms with E-state index in [1.165, 1.54) is 23.6 Å². The summed E-state index contributed by atoms with van der Waals surface area (Å²) in [5.74, 6) is 4.73. The first-order valence-corrected chi connectivity index (χ1v) is 10.1. The lowest BCUT2D eigenvalue weighted by molar-refractivity contribution is -0.142. The normalized spacial score (nSPS) is 16.2. The smallest absolute Gasteiger partial charge is 0.310 e. The lowest BCUT2D eigenvalue weighted by Crippen LogP contribution is -2.36. The Morgan fingerprint density at radius 1 is 1.31 bits per heavy atom. The minimum Gasteiger partial charge on any atom is -0.466 e. The van der Waals surface area contributed by atoms with Crippen molar-refractivity contribution in [3.63, 3.8) is 0 Å². The van der Waals surface area contributed by atoms with E-state index in [1.54, 1.807) is 13.0 Å². The summed E-state index contributed by atoms with van der Waals surface area (Å²) in [4.78, 5) is 12.0. The number of nitrogens with zero attached hydrogens (tertiary/aromatic N) is 1. The number of hydrogen-bond donors (Lipinski definition) is 1. The Morgan fingerprint density at radius 3 is 2.62 bits per heavy atom. The summed E-state index contributed by atoms with van der Waals surface area (Å²) in [5, 5.41) is 2.29. The number of nitrogens with two attached hydrogens (primary N) is 1. The van der Waals surface area contributed by atoms with E-state index in [-0.39, 0.29) is 24.5 Å². The van der Waals surface area contributed by atoms with Crippen molar-refractivity contribution in [2.24, 2.45) is 5.84 Å². The van der Waals surface area contributed by atoms with Crippen LogP contribution >= 0.6 is 0 Å². The third-order valence-corrected chi connectivity index (χ3v) is 5.27. The largest absolute Gasteiger partial charge is 0.466 e. The minimum absolute atomic E-state index is 0.102. The molecule has 0 aromatic heterocycles. The first-order chi connectivity index (χ1) is 12.3. The van der Waals surface area contributed by atoms with Gasteiger partial charge in [0.2, 0.25) is 0 Å². The van der Waals surface area contributed by atoms with Gasteiger partial charge in [-0.3, -0.25) is 9.80 Å². The number of hydrogen-bond acceptors (Lipinski definition) is 6. The monoisotopic (exact) mass is 382 g/mol. The zero-order valence-corrected chi connectivity index (χ0v) is 15.7. The molecule has 1 aliphatic rings. The number of anilines is 1. The zero-order valence-electron chi connectivity index (χ0n) is 14.9. The van der Waals surface area contributed by atoms with Gasteiger partial charge in [-0.1, -0.05) is 25.5 Å². The van der Waals surface area contributed by atoms with Gasteiger partial charge in [-0.25, -0.2) is 18.7 Å². The molecule has 0 unspecified atom stereocenters. The van der Waals surface area contributed by atoms with Gasteiger partial charge in [-0.2, -0.15) is 0 Å². The summed E-state index contributed by atoms with van der Waals surface area (Å²) in [6.07, 6.45) is 0.886. The fraction of sp³-hybridized carbons (Fsp3) is 0.389. The van der Waals surface area contributed by atoms with Crippen molar-refractivity contribution in [1.82, 2.24) is 0 Å². The van der Waals surface area contributed by atoms with Crippen LogP contribution in [0.15, 0.2) is 46.5 Å². The maximum atomic E-state index is 14.2. The van der Waals surface area contributed by atoms with Gasteiger partial charge >= 0.3 is 5.97 Å². The number of ether oxygens (including phenoxy) is 1. The number of carbonyl (C=O) groups is 1. The third-order valence-electron chi connectivity index (χ3n) is 3.87. The quantitative estimate of drug-likeness (QED) is 0.443. The summed E-state index contributed by atoms with van der Waals surface area (Å²) < 4.78 is 43.7. The van der Waals surface area contributed by atoms with Crippen LogP contribution in [-0.4, -0.2) is 26.7 Å². The van der Waals surface area contributed by atoms with Gasteiger partial charge in [-0.15, -0.1) is 0 Å². The molecule has 0 aliphatic carbocycles. The molecular formula is C18H23FN2O4S. The van der Waals surface area contributed by atoms with Crippen molar-refractivity contribution in [2.45, 2.75) is 33.1 Å². The van der Waals surface area contributed by atoms with E-state index in [4.69, 9.17) is 10.6 Å². The highest BCUT2D eigenvalue weighted by Gasteiger charge is 2.29. The Labute approximate surface area is 153 Å². The van der Waals surface area contributed by atoms with Gasteiger partial charge in [-0.05, 0) is 36.6 Å². The highest BCUT2D eigenvalue weighted by molar-refractivity contribution is 7.94. The minimum atomic E-state index is -3.53. The Bertz CT molecular complexity index is 847. The molecule has 1 aliphatic heterocycles. The Kier molecular flexibility index (Phi) is 6.55. The summed E-state index contributed by atoms with van der Waals surface area (Å²) in [7, 11) is -3.53. The van der Waals surface area contributed by atoms with Crippen molar-refractivity contribution in [1.29, 1.82) is 0 Å². The molecule has 1 aromatic rings. The number of sulfone groups is 1. The molecule has 2 N–H and O–H groups in total. The molecule has 0 fully saturated rings. The molecule has 0 bridgehead atoms. The number of rotatable bonds is 7. The van der Waals surface area contributed by atoms with Crippen LogP contribution in [-0.2, 0) is 19.4 Å². The molecule has 0 amide bonds. The van der Waals surface area contributed by atoms with Gasteiger partial charge in [0.15, 0.2) is 9.84 Å². The van der Waals surface area contributed by atoms with E-state index >= 15 is 0 Å². The number of para-hydroxylation sites is 1. The molecule has 0 spiro atoms. The van der Waals surface area contributed by atoms with Crippen LogP contribution < -0.4 is 10.9 Å². The van der Waals surface area contributed by atoms with Gasteiger partial charge in [0.1, 0.15) is 5.82 Å². The number of hydrazine groups is 1. The van der Waals surface area contributed by atoms with Crippen LogP contribution in [0.25, 0.3) is 0 Å². The topological polar surface area (TPSA) is 89.7 Å². The second-order valence-electron chi connectivity index (χ2n) is 5.96. The van der Waals surface area contributed by atoms with Gasteiger partial charge in [0.25, 0.3) is 0 Å². The highest BCUT2D eigenvalue weighted by Crippen LogP contribution is 2.33. The fourth-order valence-corrected chi connectivity index (χ4v) is 4.38. The van der Waals surface area contributed by atoms with E-state index in [2.05, 4.69) is 0 Å². The molecule has 1 heterocycles. The molecule has 1 aromatic carbocycles. The van der Waals surface area contributed by atoms with Crippen LogP contribution in [0, 0.1) is 5.82 Å².